The molecule has 0 fully saturated rings. The fraction of sp³-hybridized carbons (Fsp3) is 0.167. The second kappa shape index (κ2) is 5.58. The zero-order valence-corrected chi connectivity index (χ0v) is 12.0. The number of aromatic nitrogens is 2. The molecule has 0 radical (unpaired) electrons. The van der Waals surface area contributed by atoms with Gasteiger partial charge in [0.25, 0.3) is 0 Å². The average molecular weight is 327 g/mol. The second-order valence-corrected chi connectivity index (χ2v) is 5.64. The van der Waals surface area contributed by atoms with Crippen molar-refractivity contribution in [3.05, 3.63) is 46.2 Å². The standard InChI is InChI=1S/C12H11BrN2O2S/c1-15-11(10(6-14-15)12(16)17)7-18-9-4-2-3-8(13)5-9/h2-6H,7H2,1H3,(H,16,17). The summed E-state index contributed by atoms with van der Waals surface area (Å²) in [5, 5.41) is 13.0. The van der Waals surface area contributed by atoms with Gasteiger partial charge in [-0.3, -0.25) is 4.68 Å². The molecular weight excluding hydrogens is 316 g/mol. The molecule has 0 aliphatic carbocycles. The number of aryl methyl sites for hydroxylation is 1. The molecule has 0 unspecified atom stereocenters. The number of thioether (sulfide) groups is 1. The summed E-state index contributed by atoms with van der Waals surface area (Å²) in [5.41, 5.74) is 0.979. The summed E-state index contributed by atoms with van der Waals surface area (Å²) in [4.78, 5) is 12.1. The van der Waals surface area contributed by atoms with Gasteiger partial charge in [0.15, 0.2) is 0 Å². The minimum atomic E-state index is -0.937. The molecule has 2 aromatic rings. The molecule has 1 aromatic heterocycles. The summed E-state index contributed by atoms with van der Waals surface area (Å²) in [5.74, 6) is -0.359. The van der Waals surface area contributed by atoms with E-state index in [-0.39, 0.29) is 5.56 Å². The number of aromatic carboxylic acids is 1. The van der Waals surface area contributed by atoms with Crippen LogP contribution in [0.25, 0.3) is 0 Å². The second-order valence-electron chi connectivity index (χ2n) is 3.68. The first-order valence-corrected chi connectivity index (χ1v) is 6.98. The Labute approximate surface area is 117 Å². The molecule has 0 aliphatic heterocycles. The lowest BCUT2D eigenvalue weighted by molar-refractivity contribution is 0.0696. The Morgan fingerprint density at radius 1 is 1.56 bits per heavy atom. The number of nitrogens with zero attached hydrogens (tertiary/aromatic N) is 2. The molecule has 4 nitrogen and oxygen atoms in total. The van der Waals surface area contributed by atoms with E-state index in [0.29, 0.717) is 11.4 Å². The molecular formula is C12H11BrN2O2S. The van der Waals surface area contributed by atoms with E-state index in [4.69, 9.17) is 5.11 Å². The Balaban J connectivity index is 2.15. The van der Waals surface area contributed by atoms with E-state index in [2.05, 4.69) is 21.0 Å². The van der Waals surface area contributed by atoms with Gasteiger partial charge in [0.2, 0.25) is 0 Å². The lowest BCUT2D eigenvalue weighted by atomic mass is 10.3. The molecule has 0 spiro atoms. The van der Waals surface area contributed by atoms with Crippen LogP contribution in [0.4, 0.5) is 0 Å². The third-order valence-corrected chi connectivity index (χ3v) is 3.96. The van der Waals surface area contributed by atoms with E-state index in [1.165, 1.54) is 6.20 Å². The lowest BCUT2D eigenvalue weighted by Gasteiger charge is -2.04. The number of hydrogen-bond donors (Lipinski definition) is 1. The molecule has 0 saturated heterocycles. The van der Waals surface area contributed by atoms with Gasteiger partial charge in [-0.1, -0.05) is 22.0 Å². The summed E-state index contributed by atoms with van der Waals surface area (Å²) in [6, 6.07) is 7.90. The topological polar surface area (TPSA) is 55.1 Å². The van der Waals surface area contributed by atoms with Crippen molar-refractivity contribution < 1.29 is 9.90 Å². The first kappa shape index (κ1) is 13.2. The molecule has 0 bridgehead atoms. The number of rotatable bonds is 4. The molecule has 2 rings (SSSR count). The molecule has 0 saturated carbocycles. The zero-order valence-electron chi connectivity index (χ0n) is 9.63. The first-order chi connectivity index (χ1) is 8.58. The van der Waals surface area contributed by atoms with E-state index in [1.807, 2.05) is 24.3 Å². The Bertz CT molecular complexity index is 583. The van der Waals surface area contributed by atoms with Gasteiger partial charge in [-0.2, -0.15) is 5.10 Å². The van der Waals surface area contributed by atoms with Crippen LogP contribution in [0.15, 0.2) is 39.8 Å². The number of halogens is 1. The number of carbonyl (C=O) groups is 1. The van der Waals surface area contributed by atoms with Gasteiger partial charge in [0, 0.05) is 22.2 Å². The number of benzene rings is 1. The highest BCUT2D eigenvalue weighted by molar-refractivity contribution is 9.10. The van der Waals surface area contributed by atoms with Gasteiger partial charge in [-0.05, 0) is 18.2 Å². The van der Waals surface area contributed by atoms with Crippen molar-refractivity contribution in [2.75, 3.05) is 0 Å². The highest BCUT2D eigenvalue weighted by Crippen LogP contribution is 2.26. The van der Waals surface area contributed by atoms with Crippen molar-refractivity contribution in [2.45, 2.75) is 10.6 Å². The van der Waals surface area contributed by atoms with Crippen LogP contribution >= 0.6 is 27.7 Å². The summed E-state index contributed by atoms with van der Waals surface area (Å²) in [7, 11) is 1.75. The smallest absolute Gasteiger partial charge is 0.339 e. The van der Waals surface area contributed by atoms with Crippen molar-refractivity contribution in [1.29, 1.82) is 0 Å². The van der Waals surface area contributed by atoms with E-state index in [1.54, 1.807) is 23.5 Å². The maximum atomic E-state index is 11.0. The largest absolute Gasteiger partial charge is 0.478 e. The van der Waals surface area contributed by atoms with E-state index in [0.717, 1.165) is 9.37 Å². The first-order valence-electron chi connectivity index (χ1n) is 5.20. The third kappa shape index (κ3) is 2.94. The van der Waals surface area contributed by atoms with Crippen LogP contribution in [-0.4, -0.2) is 20.9 Å². The molecule has 0 amide bonds. The van der Waals surface area contributed by atoms with Crippen molar-refractivity contribution in [2.24, 2.45) is 7.05 Å². The summed E-state index contributed by atoms with van der Waals surface area (Å²) in [6.07, 6.45) is 1.39. The van der Waals surface area contributed by atoms with Crippen LogP contribution in [-0.2, 0) is 12.8 Å². The average Bonchev–Trinajstić information content (AvgIpc) is 2.68. The monoisotopic (exact) mass is 326 g/mol. The summed E-state index contributed by atoms with van der Waals surface area (Å²) < 4.78 is 2.62. The van der Waals surface area contributed by atoms with Crippen LogP contribution in [0.1, 0.15) is 16.1 Å². The van der Waals surface area contributed by atoms with E-state index < -0.39 is 5.97 Å². The van der Waals surface area contributed by atoms with Crippen LogP contribution in [0, 0.1) is 0 Å². The highest BCUT2D eigenvalue weighted by atomic mass is 79.9. The summed E-state index contributed by atoms with van der Waals surface area (Å²) in [6.45, 7) is 0. The van der Waals surface area contributed by atoms with Gasteiger partial charge in [-0.15, -0.1) is 11.8 Å². The van der Waals surface area contributed by atoms with Gasteiger partial charge in [0.05, 0.1) is 11.9 Å². The van der Waals surface area contributed by atoms with Gasteiger partial charge >= 0.3 is 5.97 Å². The minimum absolute atomic E-state index is 0.264. The third-order valence-electron chi connectivity index (χ3n) is 2.46. The fourth-order valence-corrected chi connectivity index (χ4v) is 3.10. The van der Waals surface area contributed by atoms with Crippen LogP contribution in [0.2, 0.25) is 0 Å². The molecule has 1 aromatic carbocycles. The maximum Gasteiger partial charge on any atom is 0.339 e. The zero-order chi connectivity index (χ0) is 13.1. The molecule has 0 aliphatic rings. The Morgan fingerprint density at radius 3 is 3.00 bits per heavy atom. The molecule has 94 valence electrons. The maximum absolute atomic E-state index is 11.0. The normalized spacial score (nSPS) is 10.6. The van der Waals surface area contributed by atoms with Gasteiger partial charge in [-0.25, -0.2) is 4.79 Å². The predicted molar refractivity (Wildman–Crippen MR) is 73.9 cm³/mol. The van der Waals surface area contributed by atoms with Crippen molar-refractivity contribution in [3.63, 3.8) is 0 Å². The van der Waals surface area contributed by atoms with Crippen LogP contribution in [0.3, 0.4) is 0 Å². The minimum Gasteiger partial charge on any atom is -0.478 e. The van der Waals surface area contributed by atoms with Crippen LogP contribution in [0.5, 0.6) is 0 Å². The highest BCUT2D eigenvalue weighted by Gasteiger charge is 2.14. The Kier molecular flexibility index (Phi) is 4.08. The molecule has 1 heterocycles. The van der Waals surface area contributed by atoms with Crippen molar-refractivity contribution >= 4 is 33.7 Å². The molecule has 18 heavy (non-hydrogen) atoms. The van der Waals surface area contributed by atoms with E-state index >= 15 is 0 Å². The molecule has 0 atom stereocenters. The quantitative estimate of drug-likeness (QED) is 0.877. The predicted octanol–water partition coefficient (Wildman–Crippen LogP) is 3.17. The fourth-order valence-electron chi connectivity index (χ4n) is 1.52. The molecule has 1 N–H and O–H groups in total. The molecule has 6 heteroatoms. The SMILES string of the molecule is Cn1ncc(C(=O)O)c1CSc1cccc(Br)c1. The number of carboxylic acid groups (broad SMARTS) is 1. The van der Waals surface area contributed by atoms with E-state index in [9.17, 15) is 4.79 Å². The van der Waals surface area contributed by atoms with Crippen molar-refractivity contribution in [1.82, 2.24) is 9.78 Å². The number of hydrogen-bond acceptors (Lipinski definition) is 3. The Morgan fingerprint density at radius 2 is 2.33 bits per heavy atom. The lowest BCUT2D eigenvalue weighted by Crippen LogP contribution is -2.03. The van der Waals surface area contributed by atoms with Gasteiger partial charge in [0.1, 0.15) is 5.56 Å². The van der Waals surface area contributed by atoms with Crippen LogP contribution < -0.4 is 0 Å². The Hall–Kier alpha value is -1.27. The van der Waals surface area contributed by atoms with Gasteiger partial charge < -0.3 is 5.11 Å². The van der Waals surface area contributed by atoms with Crippen molar-refractivity contribution in [3.8, 4) is 0 Å². The number of carboxylic acids is 1. The summed E-state index contributed by atoms with van der Waals surface area (Å²) >= 11 is 4.99.